The molecule has 0 unspecified atom stereocenters. The van der Waals surface area contributed by atoms with Crippen molar-refractivity contribution in [2.75, 3.05) is 0 Å². The van der Waals surface area contributed by atoms with Crippen LogP contribution in [-0.2, 0) is 5.54 Å². The van der Waals surface area contributed by atoms with Gasteiger partial charge in [0, 0.05) is 0 Å². The minimum Gasteiger partial charge on any atom is -0.341 e. The van der Waals surface area contributed by atoms with Gasteiger partial charge < -0.3 is 5.32 Å². The molecule has 4 nitrogen and oxygen atoms in total. The van der Waals surface area contributed by atoms with Crippen LogP contribution in [0.2, 0.25) is 0 Å². The average molecular weight is 394 g/mol. The maximum absolute atomic E-state index is 13.2. The summed E-state index contributed by atoms with van der Waals surface area (Å²) in [5, 5.41) is 10.3. The predicted octanol–water partition coefficient (Wildman–Crippen LogP) is 4.63. The second-order valence-corrected chi connectivity index (χ2v) is 7.50. The van der Waals surface area contributed by atoms with Crippen LogP contribution < -0.4 is 5.32 Å². The van der Waals surface area contributed by atoms with Crippen molar-refractivity contribution < 1.29 is 9.18 Å². The van der Waals surface area contributed by atoms with E-state index in [4.69, 9.17) is 0 Å². The fourth-order valence-corrected chi connectivity index (χ4v) is 4.20. The molecule has 1 aromatic heterocycles. The lowest BCUT2D eigenvalue weighted by Crippen LogP contribution is -2.44. The average Bonchev–Trinajstić information content (AvgIpc) is 3.15. The van der Waals surface area contributed by atoms with Gasteiger partial charge in [-0.3, -0.25) is 9.89 Å². The molecule has 2 aromatic rings. The van der Waals surface area contributed by atoms with E-state index >= 15 is 0 Å². The monoisotopic (exact) mass is 393 g/mol. The lowest BCUT2D eigenvalue weighted by Gasteiger charge is -2.31. The molecule has 1 fully saturated rings. The van der Waals surface area contributed by atoms with Gasteiger partial charge in [0.25, 0.3) is 5.91 Å². The number of carbonyl (C=O) groups excluding carboxylic acids is 1. The molecule has 1 aliphatic rings. The van der Waals surface area contributed by atoms with Crippen molar-refractivity contribution in [2.24, 2.45) is 0 Å². The molecule has 24 heavy (non-hydrogen) atoms. The maximum Gasteiger partial charge on any atom is 0.273 e. The Morgan fingerprint density at radius 2 is 1.92 bits per heavy atom. The van der Waals surface area contributed by atoms with Gasteiger partial charge in [0.05, 0.1) is 15.7 Å². The van der Waals surface area contributed by atoms with Crippen molar-refractivity contribution in [2.45, 2.75) is 51.0 Å². The van der Waals surface area contributed by atoms with Gasteiger partial charge in [0.15, 0.2) is 5.69 Å². The van der Waals surface area contributed by atoms with Crippen LogP contribution in [0.25, 0.3) is 0 Å². The first-order valence-electron chi connectivity index (χ1n) is 8.25. The second kappa shape index (κ2) is 6.67. The fourth-order valence-electron chi connectivity index (χ4n) is 3.38. The molecule has 3 rings (SSSR count). The summed E-state index contributed by atoms with van der Waals surface area (Å²) in [5.74, 6) is -0.239. The Hall–Kier alpha value is -1.69. The molecule has 0 atom stereocenters. The lowest BCUT2D eigenvalue weighted by molar-refractivity contribution is 0.0892. The first kappa shape index (κ1) is 17.1. The third-order valence-electron chi connectivity index (χ3n) is 4.73. The molecule has 0 saturated heterocycles. The third kappa shape index (κ3) is 3.11. The largest absolute Gasteiger partial charge is 0.341 e. The van der Waals surface area contributed by atoms with Crippen molar-refractivity contribution in [3.8, 4) is 0 Å². The zero-order valence-electron chi connectivity index (χ0n) is 13.8. The highest BCUT2D eigenvalue weighted by Crippen LogP contribution is 2.39. The van der Waals surface area contributed by atoms with E-state index in [0.717, 1.165) is 36.9 Å². The van der Waals surface area contributed by atoms with Crippen LogP contribution in [0.5, 0.6) is 0 Å². The molecular weight excluding hydrogens is 373 g/mol. The molecule has 1 saturated carbocycles. The van der Waals surface area contributed by atoms with Crippen molar-refractivity contribution in [1.82, 2.24) is 15.5 Å². The van der Waals surface area contributed by atoms with Gasteiger partial charge in [-0.1, -0.05) is 38.8 Å². The van der Waals surface area contributed by atoms with Crippen LogP contribution in [0.3, 0.4) is 0 Å². The number of amides is 1. The third-order valence-corrected chi connectivity index (χ3v) is 5.53. The summed E-state index contributed by atoms with van der Waals surface area (Å²) in [6.45, 7) is 4.08. The standard InChI is InChI=1S/C18H21BrFN3O/c1-11(2)15-14(19)16(23-22-15)17(24)21-18(9-3-4-10-18)12-5-7-13(20)8-6-12/h5-8,11H,3-4,9-10H2,1-2H3,(H,21,24)(H,22,23). The number of rotatable bonds is 4. The number of nitrogens with one attached hydrogen (secondary N) is 2. The van der Waals surface area contributed by atoms with E-state index in [1.165, 1.54) is 12.1 Å². The Balaban J connectivity index is 1.89. The van der Waals surface area contributed by atoms with Crippen molar-refractivity contribution >= 4 is 21.8 Å². The maximum atomic E-state index is 13.2. The van der Waals surface area contributed by atoms with Crippen molar-refractivity contribution in [3.63, 3.8) is 0 Å². The number of hydrogen-bond donors (Lipinski definition) is 2. The Morgan fingerprint density at radius 1 is 1.29 bits per heavy atom. The molecule has 0 radical (unpaired) electrons. The first-order chi connectivity index (χ1) is 11.4. The number of aromatic amines is 1. The fraction of sp³-hybridized carbons (Fsp3) is 0.444. The summed E-state index contributed by atoms with van der Waals surface area (Å²) < 4.78 is 14.0. The highest BCUT2D eigenvalue weighted by molar-refractivity contribution is 9.10. The van der Waals surface area contributed by atoms with Crippen LogP contribution in [-0.4, -0.2) is 16.1 Å². The van der Waals surface area contributed by atoms with Gasteiger partial charge in [-0.25, -0.2) is 4.39 Å². The molecule has 1 amide bonds. The highest BCUT2D eigenvalue weighted by Gasteiger charge is 2.38. The number of carbonyl (C=O) groups is 1. The van der Waals surface area contributed by atoms with Gasteiger partial charge in [0.1, 0.15) is 5.82 Å². The van der Waals surface area contributed by atoms with Crippen molar-refractivity contribution in [3.05, 3.63) is 51.5 Å². The van der Waals surface area contributed by atoms with E-state index < -0.39 is 5.54 Å². The van der Waals surface area contributed by atoms with E-state index in [2.05, 4.69) is 31.4 Å². The van der Waals surface area contributed by atoms with E-state index in [-0.39, 0.29) is 17.6 Å². The zero-order valence-corrected chi connectivity index (χ0v) is 15.4. The molecule has 128 valence electrons. The Labute approximate surface area is 149 Å². The van der Waals surface area contributed by atoms with E-state index in [1.54, 1.807) is 12.1 Å². The topological polar surface area (TPSA) is 57.8 Å². The van der Waals surface area contributed by atoms with Crippen LogP contribution in [0.1, 0.15) is 67.2 Å². The summed E-state index contributed by atoms with van der Waals surface area (Å²) in [5.41, 5.74) is 1.78. The van der Waals surface area contributed by atoms with Crippen LogP contribution in [0.4, 0.5) is 4.39 Å². The van der Waals surface area contributed by atoms with Gasteiger partial charge in [-0.15, -0.1) is 0 Å². The number of H-pyrrole nitrogens is 1. The Kier molecular flexibility index (Phi) is 4.76. The van der Waals surface area contributed by atoms with E-state index in [9.17, 15) is 9.18 Å². The Bertz CT molecular complexity index is 733. The predicted molar refractivity (Wildman–Crippen MR) is 94.4 cm³/mol. The van der Waals surface area contributed by atoms with Gasteiger partial charge >= 0.3 is 0 Å². The van der Waals surface area contributed by atoms with E-state index in [0.29, 0.717) is 10.2 Å². The molecule has 2 N–H and O–H groups in total. The van der Waals surface area contributed by atoms with Crippen LogP contribution in [0, 0.1) is 5.82 Å². The number of aromatic nitrogens is 2. The Morgan fingerprint density at radius 3 is 2.46 bits per heavy atom. The summed E-state index contributed by atoms with van der Waals surface area (Å²) in [7, 11) is 0. The molecule has 1 aromatic carbocycles. The number of halogens is 2. The molecule has 6 heteroatoms. The van der Waals surface area contributed by atoms with Crippen LogP contribution >= 0.6 is 15.9 Å². The minimum atomic E-state index is -0.443. The zero-order chi connectivity index (χ0) is 17.3. The van der Waals surface area contributed by atoms with Gasteiger partial charge in [0.2, 0.25) is 0 Å². The molecule has 1 aliphatic carbocycles. The number of hydrogen-bond acceptors (Lipinski definition) is 2. The lowest BCUT2D eigenvalue weighted by atomic mass is 9.88. The smallest absolute Gasteiger partial charge is 0.273 e. The first-order valence-corrected chi connectivity index (χ1v) is 9.04. The minimum absolute atomic E-state index is 0.212. The molecular formula is C18H21BrFN3O. The normalized spacial score (nSPS) is 16.5. The quantitative estimate of drug-likeness (QED) is 0.794. The summed E-state index contributed by atoms with van der Waals surface area (Å²) in [6, 6.07) is 6.42. The summed E-state index contributed by atoms with van der Waals surface area (Å²) in [4.78, 5) is 12.8. The summed E-state index contributed by atoms with van der Waals surface area (Å²) in [6.07, 6.45) is 3.78. The van der Waals surface area contributed by atoms with E-state index in [1.807, 2.05) is 13.8 Å². The molecule has 0 aliphatic heterocycles. The molecule has 0 spiro atoms. The van der Waals surface area contributed by atoms with Gasteiger partial charge in [-0.05, 0) is 52.4 Å². The van der Waals surface area contributed by atoms with Crippen LogP contribution in [0.15, 0.2) is 28.7 Å². The molecule has 0 bridgehead atoms. The highest BCUT2D eigenvalue weighted by atomic mass is 79.9. The summed E-state index contributed by atoms with van der Waals surface area (Å²) >= 11 is 3.48. The number of benzene rings is 1. The molecule has 1 heterocycles. The number of nitrogens with zero attached hydrogens (tertiary/aromatic N) is 1. The second-order valence-electron chi connectivity index (χ2n) is 6.70. The SMILES string of the molecule is CC(C)c1[nH]nc(C(=O)NC2(c3ccc(F)cc3)CCCC2)c1Br. The van der Waals surface area contributed by atoms with Gasteiger partial charge in [-0.2, -0.15) is 5.10 Å². The van der Waals surface area contributed by atoms with Crippen molar-refractivity contribution in [1.29, 1.82) is 0 Å².